The number of hydrogen-bond donors (Lipinski definition) is 2. The molecule has 0 atom stereocenters. The van der Waals surface area contributed by atoms with Gasteiger partial charge >= 0.3 is 12.4 Å². The zero-order valence-electron chi connectivity index (χ0n) is 18.5. The van der Waals surface area contributed by atoms with Gasteiger partial charge in [0.25, 0.3) is 0 Å². The first kappa shape index (κ1) is 26.5. The van der Waals surface area contributed by atoms with Crippen LogP contribution >= 0.6 is 23.2 Å². The van der Waals surface area contributed by atoms with E-state index in [1.807, 2.05) is 0 Å². The Balaban J connectivity index is 1.82. The fourth-order valence-corrected chi connectivity index (χ4v) is 4.45. The first-order valence-electron chi connectivity index (χ1n) is 10.5. The standard InChI is InChI=1S/C26H16Cl2F6N2O/c27-17-9-13(25(29,30)31)11-19(35)23(17)15-5-1-3-7-21(15)37-22-8-4-2-6-16(22)24-18(28)10-14(12-20(24)36)26(32,33)34/h1-12H,35-36H2. The number of benzene rings is 4. The van der Waals surface area contributed by atoms with Gasteiger partial charge in [0.15, 0.2) is 0 Å². The summed E-state index contributed by atoms with van der Waals surface area (Å²) in [5.41, 5.74) is 10.3. The molecule has 0 bridgehead atoms. The molecule has 3 nitrogen and oxygen atoms in total. The summed E-state index contributed by atoms with van der Waals surface area (Å²) in [6.45, 7) is 0. The molecule has 0 saturated carbocycles. The zero-order chi connectivity index (χ0) is 27.1. The van der Waals surface area contributed by atoms with Crippen molar-refractivity contribution in [3.8, 4) is 33.8 Å². The van der Waals surface area contributed by atoms with Gasteiger partial charge in [0.2, 0.25) is 0 Å². The van der Waals surface area contributed by atoms with Crippen molar-refractivity contribution in [2.75, 3.05) is 11.5 Å². The topological polar surface area (TPSA) is 61.3 Å². The van der Waals surface area contributed by atoms with E-state index in [9.17, 15) is 26.3 Å². The highest BCUT2D eigenvalue weighted by molar-refractivity contribution is 6.34. The molecule has 0 amide bonds. The van der Waals surface area contributed by atoms with Crippen LogP contribution in [0.4, 0.5) is 37.7 Å². The second-order valence-corrected chi connectivity index (χ2v) is 8.75. The number of alkyl halides is 6. The van der Waals surface area contributed by atoms with Crippen LogP contribution in [0.5, 0.6) is 11.5 Å². The van der Waals surface area contributed by atoms with Gasteiger partial charge in [-0.1, -0.05) is 59.6 Å². The molecule has 0 fully saturated rings. The number of nitrogen functional groups attached to an aromatic ring is 2. The molecule has 4 aromatic carbocycles. The van der Waals surface area contributed by atoms with Crippen LogP contribution in [0.3, 0.4) is 0 Å². The van der Waals surface area contributed by atoms with E-state index < -0.39 is 23.5 Å². The Labute approximate surface area is 217 Å². The summed E-state index contributed by atoms with van der Waals surface area (Å²) in [7, 11) is 0. The van der Waals surface area contributed by atoms with E-state index in [0.717, 1.165) is 24.3 Å². The lowest BCUT2D eigenvalue weighted by atomic mass is 9.99. The molecule has 0 aromatic heterocycles. The van der Waals surface area contributed by atoms with E-state index in [1.165, 1.54) is 12.1 Å². The summed E-state index contributed by atoms with van der Waals surface area (Å²) < 4.78 is 85.2. The van der Waals surface area contributed by atoms with E-state index >= 15 is 0 Å². The quantitative estimate of drug-likeness (QED) is 0.194. The highest BCUT2D eigenvalue weighted by Gasteiger charge is 2.33. The summed E-state index contributed by atoms with van der Waals surface area (Å²) in [5.74, 6) is 0.342. The second-order valence-electron chi connectivity index (χ2n) is 7.93. The minimum Gasteiger partial charge on any atom is -0.456 e. The van der Waals surface area contributed by atoms with Crippen molar-refractivity contribution in [1.82, 2.24) is 0 Å². The average Bonchev–Trinajstić information content (AvgIpc) is 2.79. The molecule has 0 aliphatic rings. The van der Waals surface area contributed by atoms with Gasteiger partial charge in [-0.25, -0.2) is 0 Å². The minimum atomic E-state index is -4.65. The van der Waals surface area contributed by atoms with Crippen LogP contribution in [0.2, 0.25) is 10.0 Å². The number of rotatable bonds is 4. The minimum absolute atomic E-state index is 0.120. The fraction of sp³-hybridized carbons (Fsp3) is 0.0769. The highest BCUT2D eigenvalue weighted by atomic mass is 35.5. The predicted octanol–water partition coefficient (Wildman–Crippen LogP) is 9.32. The SMILES string of the molecule is Nc1cc(C(F)(F)F)cc(Cl)c1-c1ccccc1Oc1ccccc1-c1c(N)cc(C(F)(F)F)cc1Cl. The van der Waals surface area contributed by atoms with Crippen molar-refractivity contribution >= 4 is 34.6 Å². The molecule has 0 unspecified atom stereocenters. The van der Waals surface area contributed by atoms with Crippen LogP contribution in [0.15, 0.2) is 72.8 Å². The number of halogens is 8. The van der Waals surface area contributed by atoms with Crippen molar-refractivity contribution in [3.05, 3.63) is 94.0 Å². The van der Waals surface area contributed by atoms with Crippen molar-refractivity contribution in [2.24, 2.45) is 0 Å². The Kier molecular flexibility index (Phi) is 6.96. The third-order valence-corrected chi connectivity index (χ3v) is 6.03. The Bertz CT molecular complexity index is 1330. The number of para-hydroxylation sites is 2. The Morgan fingerprint density at radius 3 is 1.24 bits per heavy atom. The first-order valence-corrected chi connectivity index (χ1v) is 11.2. The lowest BCUT2D eigenvalue weighted by Crippen LogP contribution is -2.07. The largest absolute Gasteiger partial charge is 0.456 e. The molecule has 0 spiro atoms. The normalized spacial score (nSPS) is 12.0. The summed E-state index contributed by atoms with van der Waals surface area (Å²) >= 11 is 12.4. The van der Waals surface area contributed by atoms with Gasteiger partial charge in [-0.2, -0.15) is 26.3 Å². The number of hydrogen-bond acceptors (Lipinski definition) is 3. The molecule has 0 heterocycles. The summed E-state index contributed by atoms with van der Waals surface area (Å²) in [4.78, 5) is 0. The smallest absolute Gasteiger partial charge is 0.416 e. The summed E-state index contributed by atoms with van der Waals surface area (Å²) in [6, 6.07) is 15.7. The van der Waals surface area contributed by atoms with Gasteiger partial charge in [0, 0.05) is 33.6 Å². The van der Waals surface area contributed by atoms with Crippen LogP contribution in [0.25, 0.3) is 22.3 Å². The van der Waals surface area contributed by atoms with E-state index in [1.54, 1.807) is 36.4 Å². The summed E-state index contributed by atoms with van der Waals surface area (Å²) in [6.07, 6.45) is -9.29. The van der Waals surface area contributed by atoms with Crippen LogP contribution < -0.4 is 16.2 Å². The van der Waals surface area contributed by atoms with E-state index in [2.05, 4.69) is 0 Å². The van der Waals surface area contributed by atoms with Gasteiger partial charge < -0.3 is 16.2 Å². The van der Waals surface area contributed by atoms with Gasteiger partial charge in [-0.3, -0.25) is 0 Å². The van der Waals surface area contributed by atoms with Gasteiger partial charge in [0.05, 0.1) is 21.2 Å². The highest BCUT2D eigenvalue weighted by Crippen LogP contribution is 2.47. The first-order chi connectivity index (χ1) is 17.3. The van der Waals surface area contributed by atoms with E-state index in [0.29, 0.717) is 11.1 Å². The van der Waals surface area contributed by atoms with Crippen molar-refractivity contribution < 1.29 is 31.1 Å². The molecule has 0 aliphatic carbocycles. The Hall–Kier alpha value is -3.56. The number of nitrogens with two attached hydrogens (primary N) is 2. The van der Waals surface area contributed by atoms with Gasteiger partial charge in [-0.05, 0) is 36.4 Å². The number of anilines is 2. The third-order valence-electron chi connectivity index (χ3n) is 5.43. The van der Waals surface area contributed by atoms with Crippen LogP contribution in [-0.4, -0.2) is 0 Å². The monoisotopic (exact) mass is 556 g/mol. The fourth-order valence-electron chi connectivity index (χ4n) is 3.79. The molecule has 192 valence electrons. The van der Waals surface area contributed by atoms with Crippen LogP contribution in [0.1, 0.15) is 11.1 Å². The Morgan fingerprint density at radius 2 is 0.919 bits per heavy atom. The molecular formula is C26H16Cl2F6N2O. The van der Waals surface area contributed by atoms with E-state index in [4.69, 9.17) is 39.4 Å². The van der Waals surface area contributed by atoms with Crippen molar-refractivity contribution in [1.29, 1.82) is 0 Å². The second kappa shape index (κ2) is 9.72. The molecule has 0 radical (unpaired) electrons. The van der Waals surface area contributed by atoms with Gasteiger partial charge in [0.1, 0.15) is 11.5 Å². The predicted molar refractivity (Wildman–Crippen MR) is 133 cm³/mol. The molecule has 4 rings (SSSR count). The Morgan fingerprint density at radius 1 is 0.568 bits per heavy atom. The third kappa shape index (κ3) is 5.42. The maximum atomic E-state index is 13.2. The lowest BCUT2D eigenvalue weighted by Gasteiger charge is -2.19. The van der Waals surface area contributed by atoms with Gasteiger partial charge in [-0.15, -0.1) is 0 Å². The zero-order valence-corrected chi connectivity index (χ0v) is 20.0. The maximum Gasteiger partial charge on any atom is 0.416 e. The van der Waals surface area contributed by atoms with Crippen molar-refractivity contribution in [2.45, 2.75) is 12.4 Å². The molecule has 0 aliphatic heterocycles. The van der Waals surface area contributed by atoms with Crippen LogP contribution in [-0.2, 0) is 12.4 Å². The summed E-state index contributed by atoms with van der Waals surface area (Å²) in [5, 5.41) is -0.488. The molecule has 0 saturated heterocycles. The molecule has 4 N–H and O–H groups in total. The molecular weight excluding hydrogens is 541 g/mol. The lowest BCUT2D eigenvalue weighted by molar-refractivity contribution is -0.138. The average molecular weight is 557 g/mol. The van der Waals surface area contributed by atoms with Crippen LogP contribution in [0, 0.1) is 0 Å². The van der Waals surface area contributed by atoms with E-state index in [-0.39, 0.29) is 44.0 Å². The maximum absolute atomic E-state index is 13.2. The molecule has 37 heavy (non-hydrogen) atoms. The molecule has 11 heteroatoms. The molecule has 4 aromatic rings. The van der Waals surface area contributed by atoms with Crippen molar-refractivity contribution in [3.63, 3.8) is 0 Å². The number of ether oxygens (including phenoxy) is 1.